The Balaban J connectivity index is 1.62. The number of carbonyl (C=O) groups excluding carboxylic acids is 1. The van der Waals surface area contributed by atoms with Gasteiger partial charge < -0.3 is 10.6 Å². The lowest BCUT2D eigenvalue weighted by atomic mass is 10.1. The van der Waals surface area contributed by atoms with Gasteiger partial charge in [0.25, 0.3) is 5.91 Å². The highest BCUT2D eigenvalue weighted by Crippen LogP contribution is 2.19. The van der Waals surface area contributed by atoms with Crippen LogP contribution in [0.2, 0.25) is 0 Å². The van der Waals surface area contributed by atoms with Crippen molar-refractivity contribution in [2.45, 2.75) is 13.5 Å². The Hall–Kier alpha value is -3.28. The zero-order valence-electron chi connectivity index (χ0n) is 14.1. The van der Waals surface area contributed by atoms with Crippen LogP contribution in [0.4, 0.5) is 20.3 Å². The zero-order valence-corrected chi connectivity index (χ0v) is 14.1. The molecule has 0 fully saturated rings. The lowest BCUT2D eigenvalue weighted by Crippen LogP contribution is -2.22. The van der Waals surface area contributed by atoms with Gasteiger partial charge in [0.05, 0.1) is 11.3 Å². The molecular weight excluding hydrogens is 336 g/mol. The number of carbonyl (C=O) groups is 1. The fourth-order valence-corrected chi connectivity index (χ4v) is 2.44. The van der Waals surface area contributed by atoms with Crippen molar-refractivity contribution in [1.82, 2.24) is 10.3 Å². The Labute approximate surface area is 149 Å². The summed E-state index contributed by atoms with van der Waals surface area (Å²) in [6.07, 6.45) is 1.40. The van der Waals surface area contributed by atoms with E-state index >= 15 is 0 Å². The van der Waals surface area contributed by atoms with E-state index < -0.39 is 11.6 Å². The molecule has 0 aliphatic rings. The van der Waals surface area contributed by atoms with E-state index in [1.165, 1.54) is 12.3 Å². The maximum atomic E-state index is 13.6. The number of benzene rings is 2. The summed E-state index contributed by atoms with van der Waals surface area (Å²) in [4.78, 5) is 16.3. The van der Waals surface area contributed by atoms with E-state index in [1.807, 2.05) is 31.2 Å². The maximum absolute atomic E-state index is 13.6. The summed E-state index contributed by atoms with van der Waals surface area (Å²) in [5, 5.41) is 5.57. The minimum Gasteiger partial charge on any atom is -0.348 e. The molecule has 2 aromatic carbocycles. The first-order chi connectivity index (χ1) is 12.5. The summed E-state index contributed by atoms with van der Waals surface area (Å²) in [6.45, 7) is 2.41. The minimum absolute atomic E-state index is 0.107. The van der Waals surface area contributed by atoms with Crippen LogP contribution in [-0.2, 0) is 6.54 Å². The summed E-state index contributed by atoms with van der Waals surface area (Å²) >= 11 is 0. The van der Waals surface area contributed by atoms with Crippen LogP contribution in [0.1, 0.15) is 21.5 Å². The molecule has 0 saturated carbocycles. The molecule has 26 heavy (non-hydrogen) atoms. The van der Waals surface area contributed by atoms with Gasteiger partial charge in [0.2, 0.25) is 0 Å². The Morgan fingerprint density at radius 3 is 2.62 bits per heavy atom. The van der Waals surface area contributed by atoms with Crippen molar-refractivity contribution in [3.63, 3.8) is 0 Å². The molecule has 2 N–H and O–H groups in total. The van der Waals surface area contributed by atoms with Gasteiger partial charge in [0.15, 0.2) is 0 Å². The summed E-state index contributed by atoms with van der Waals surface area (Å²) in [7, 11) is 0. The normalized spacial score (nSPS) is 10.4. The van der Waals surface area contributed by atoms with Gasteiger partial charge in [-0.2, -0.15) is 0 Å². The van der Waals surface area contributed by atoms with Crippen LogP contribution < -0.4 is 10.6 Å². The van der Waals surface area contributed by atoms with E-state index in [1.54, 1.807) is 12.1 Å². The quantitative estimate of drug-likeness (QED) is 0.717. The van der Waals surface area contributed by atoms with Crippen LogP contribution in [0.3, 0.4) is 0 Å². The SMILES string of the molecule is Cc1cccc(CNC(=O)c2ccc(Nc3ccc(F)cc3F)nc2)c1. The molecule has 0 unspecified atom stereocenters. The lowest BCUT2D eigenvalue weighted by Gasteiger charge is -2.09. The molecule has 132 valence electrons. The maximum Gasteiger partial charge on any atom is 0.253 e. The molecular formula is C20H17F2N3O. The molecule has 0 spiro atoms. The number of nitrogens with one attached hydrogen (secondary N) is 2. The van der Waals surface area contributed by atoms with Crippen LogP contribution in [0.5, 0.6) is 0 Å². The zero-order chi connectivity index (χ0) is 18.5. The number of hydrogen-bond acceptors (Lipinski definition) is 3. The number of hydrogen-bond donors (Lipinski definition) is 2. The summed E-state index contributed by atoms with van der Waals surface area (Å²) in [5.74, 6) is -1.27. The molecule has 1 aromatic heterocycles. The molecule has 0 saturated heterocycles. The van der Waals surface area contributed by atoms with Gasteiger partial charge in [0, 0.05) is 18.8 Å². The van der Waals surface area contributed by atoms with E-state index in [-0.39, 0.29) is 11.6 Å². The summed E-state index contributed by atoms with van der Waals surface area (Å²) in [5.41, 5.74) is 2.64. The van der Waals surface area contributed by atoms with Gasteiger partial charge >= 0.3 is 0 Å². The van der Waals surface area contributed by atoms with Crippen LogP contribution in [-0.4, -0.2) is 10.9 Å². The molecule has 6 heteroatoms. The van der Waals surface area contributed by atoms with Crippen molar-refractivity contribution in [3.05, 3.63) is 89.1 Å². The first-order valence-electron chi connectivity index (χ1n) is 8.03. The minimum atomic E-state index is -0.716. The van der Waals surface area contributed by atoms with Gasteiger partial charge in [0.1, 0.15) is 17.5 Å². The summed E-state index contributed by atoms with van der Waals surface area (Å²) in [6, 6.07) is 14.2. The van der Waals surface area contributed by atoms with Gasteiger partial charge in [-0.1, -0.05) is 29.8 Å². The predicted octanol–water partition coefficient (Wildman–Crippen LogP) is 4.34. The largest absolute Gasteiger partial charge is 0.348 e. The van der Waals surface area contributed by atoms with E-state index in [4.69, 9.17) is 0 Å². The molecule has 3 rings (SSSR count). The van der Waals surface area contributed by atoms with Crippen molar-refractivity contribution >= 4 is 17.4 Å². The van der Waals surface area contributed by atoms with Crippen LogP contribution in [0.15, 0.2) is 60.8 Å². The van der Waals surface area contributed by atoms with Gasteiger partial charge in [-0.3, -0.25) is 4.79 Å². The van der Waals surface area contributed by atoms with Crippen molar-refractivity contribution in [3.8, 4) is 0 Å². The second-order valence-electron chi connectivity index (χ2n) is 5.85. The number of amides is 1. The van der Waals surface area contributed by atoms with Crippen LogP contribution in [0, 0.1) is 18.6 Å². The number of pyridine rings is 1. The molecule has 4 nitrogen and oxygen atoms in total. The highest BCUT2D eigenvalue weighted by molar-refractivity contribution is 5.94. The smallest absolute Gasteiger partial charge is 0.253 e. The third-order valence-corrected chi connectivity index (χ3v) is 3.76. The number of anilines is 2. The standard InChI is InChI=1S/C20H17F2N3O/c1-13-3-2-4-14(9-13)11-24-20(26)15-5-8-19(23-12-15)25-18-7-6-16(21)10-17(18)22/h2-10,12H,11H2,1H3,(H,23,25)(H,24,26). The lowest BCUT2D eigenvalue weighted by molar-refractivity contribution is 0.0950. The van der Waals surface area contributed by atoms with Crippen molar-refractivity contribution in [2.24, 2.45) is 0 Å². The Kier molecular flexibility index (Phi) is 5.22. The first-order valence-corrected chi connectivity index (χ1v) is 8.03. The van der Waals surface area contributed by atoms with Gasteiger partial charge in [-0.15, -0.1) is 0 Å². The van der Waals surface area contributed by atoms with Gasteiger partial charge in [-0.25, -0.2) is 13.8 Å². The van der Waals surface area contributed by atoms with E-state index in [2.05, 4.69) is 15.6 Å². The molecule has 0 aliphatic carbocycles. The van der Waals surface area contributed by atoms with Crippen LogP contribution in [0.25, 0.3) is 0 Å². The van der Waals surface area contributed by atoms with E-state index in [0.717, 1.165) is 23.3 Å². The molecule has 1 amide bonds. The number of aryl methyl sites for hydroxylation is 1. The molecule has 1 heterocycles. The third kappa shape index (κ3) is 4.42. The van der Waals surface area contributed by atoms with Gasteiger partial charge in [-0.05, 0) is 36.8 Å². The molecule has 0 aliphatic heterocycles. The average Bonchev–Trinajstić information content (AvgIpc) is 2.63. The van der Waals surface area contributed by atoms with Crippen molar-refractivity contribution in [2.75, 3.05) is 5.32 Å². The number of halogens is 2. The Morgan fingerprint density at radius 1 is 1.08 bits per heavy atom. The fraction of sp³-hybridized carbons (Fsp3) is 0.100. The Bertz CT molecular complexity index is 927. The summed E-state index contributed by atoms with van der Waals surface area (Å²) < 4.78 is 26.6. The average molecular weight is 353 g/mol. The molecule has 0 bridgehead atoms. The second kappa shape index (κ2) is 7.74. The molecule has 0 atom stereocenters. The molecule has 0 radical (unpaired) electrons. The topological polar surface area (TPSA) is 54.0 Å². The van der Waals surface area contributed by atoms with Crippen molar-refractivity contribution < 1.29 is 13.6 Å². The van der Waals surface area contributed by atoms with E-state index in [9.17, 15) is 13.6 Å². The number of aromatic nitrogens is 1. The fourth-order valence-electron chi connectivity index (χ4n) is 2.44. The predicted molar refractivity (Wildman–Crippen MR) is 96.2 cm³/mol. The van der Waals surface area contributed by atoms with Crippen LogP contribution >= 0.6 is 0 Å². The van der Waals surface area contributed by atoms with E-state index in [0.29, 0.717) is 17.9 Å². The number of nitrogens with zero attached hydrogens (tertiary/aromatic N) is 1. The third-order valence-electron chi connectivity index (χ3n) is 3.76. The highest BCUT2D eigenvalue weighted by atomic mass is 19.1. The van der Waals surface area contributed by atoms with Crippen molar-refractivity contribution in [1.29, 1.82) is 0 Å². The molecule has 3 aromatic rings. The monoisotopic (exact) mass is 353 g/mol. The second-order valence-corrected chi connectivity index (χ2v) is 5.85. The first kappa shape index (κ1) is 17.5. The highest BCUT2D eigenvalue weighted by Gasteiger charge is 2.08. The number of rotatable bonds is 5. The Morgan fingerprint density at radius 2 is 1.92 bits per heavy atom.